The van der Waals surface area contributed by atoms with E-state index in [9.17, 15) is 19.8 Å². The van der Waals surface area contributed by atoms with Gasteiger partial charge in [-0.3, -0.25) is 14.8 Å². The van der Waals surface area contributed by atoms with E-state index in [1.807, 2.05) is 12.1 Å². The summed E-state index contributed by atoms with van der Waals surface area (Å²) in [7, 11) is 0. The van der Waals surface area contributed by atoms with Crippen molar-refractivity contribution in [2.24, 2.45) is 0 Å². The molecule has 0 spiro atoms. The Hall–Kier alpha value is -3.74. The molecule has 0 radical (unpaired) electrons. The SMILES string of the molecule is O=C(O)c1cc(C(=O)N(Cc2ccccn2)Cc2ccccn2)ccc1O. The summed E-state index contributed by atoms with van der Waals surface area (Å²) < 4.78 is 0. The zero-order chi connectivity index (χ0) is 19.2. The number of benzene rings is 1. The summed E-state index contributed by atoms with van der Waals surface area (Å²) in [5.74, 6) is -2.07. The van der Waals surface area contributed by atoms with Gasteiger partial charge in [0, 0.05) is 18.0 Å². The quantitative estimate of drug-likeness (QED) is 0.698. The van der Waals surface area contributed by atoms with Crippen molar-refractivity contribution < 1.29 is 19.8 Å². The third-order valence-electron chi connectivity index (χ3n) is 3.92. The van der Waals surface area contributed by atoms with E-state index in [1.54, 1.807) is 36.7 Å². The fourth-order valence-corrected chi connectivity index (χ4v) is 2.60. The largest absolute Gasteiger partial charge is 0.507 e. The molecule has 0 saturated heterocycles. The van der Waals surface area contributed by atoms with E-state index >= 15 is 0 Å². The maximum absolute atomic E-state index is 13.0. The smallest absolute Gasteiger partial charge is 0.339 e. The summed E-state index contributed by atoms with van der Waals surface area (Å²) in [6.45, 7) is 0.471. The molecule has 3 rings (SSSR count). The molecule has 1 aromatic carbocycles. The van der Waals surface area contributed by atoms with Gasteiger partial charge >= 0.3 is 5.97 Å². The summed E-state index contributed by atoms with van der Waals surface area (Å²) in [4.78, 5) is 34.3. The highest BCUT2D eigenvalue weighted by Gasteiger charge is 2.20. The molecule has 0 unspecified atom stereocenters. The second-order valence-corrected chi connectivity index (χ2v) is 5.84. The number of pyridine rings is 2. The van der Waals surface area contributed by atoms with Crippen molar-refractivity contribution >= 4 is 11.9 Å². The van der Waals surface area contributed by atoms with Crippen molar-refractivity contribution in [1.82, 2.24) is 14.9 Å². The first-order valence-electron chi connectivity index (χ1n) is 8.20. The molecule has 2 aromatic heterocycles. The van der Waals surface area contributed by atoms with Gasteiger partial charge in [-0.25, -0.2) is 4.79 Å². The third-order valence-corrected chi connectivity index (χ3v) is 3.92. The van der Waals surface area contributed by atoms with E-state index in [2.05, 4.69) is 9.97 Å². The molecule has 1 amide bonds. The second kappa shape index (κ2) is 8.09. The number of carbonyl (C=O) groups is 2. The van der Waals surface area contributed by atoms with Crippen LogP contribution in [0.25, 0.3) is 0 Å². The molecular formula is C20H17N3O4. The number of hydrogen-bond acceptors (Lipinski definition) is 5. The molecule has 7 heteroatoms. The Kier molecular flexibility index (Phi) is 5.41. The van der Waals surface area contributed by atoms with Crippen LogP contribution in [0.1, 0.15) is 32.1 Å². The molecule has 136 valence electrons. The number of amides is 1. The number of hydrogen-bond donors (Lipinski definition) is 2. The number of rotatable bonds is 6. The predicted octanol–water partition coefficient (Wildman–Crippen LogP) is 2.72. The van der Waals surface area contributed by atoms with Gasteiger partial charge in [0.1, 0.15) is 11.3 Å². The van der Waals surface area contributed by atoms with Crippen LogP contribution in [0.15, 0.2) is 67.0 Å². The van der Waals surface area contributed by atoms with Gasteiger partial charge < -0.3 is 15.1 Å². The van der Waals surface area contributed by atoms with Gasteiger partial charge in [0.05, 0.1) is 24.5 Å². The van der Waals surface area contributed by atoms with Crippen LogP contribution in [0.2, 0.25) is 0 Å². The number of aromatic carboxylic acids is 1. The topological polar surface area (TPSA) is 104 Å². The van der Waals surface area contributed by atoms with Gasteiger partial charge in [-0.15, -0.1) is 0 Å². The average molecular weight is 363 g/mol. The summed E-state index contributed by atoms with van der Waals surface area (Å²) in [5, 5.41) is 18.8. The van der Waals surface area contributed by atoms with E-state index < -0.39 is 5.97 Å². The van der Waals surface area contributed by atoms with E-state index in [0.29, 0.717) is 11.4 Å². The van der Waals surface area contributed by atoms with Crippen LogP contribution in [0.3, 0.4) is 0 Å². The lowest BCUT2D eigenvalue weighted by molar-refractivity contribution is 0.0693. The zero-order valence-corrected chi connectivity index (χ0v) is 14.3. The van der Waals surface area contributed by atoms with Crippen LogP contribution >= 0.6 is 0 Å². The zero-order valence-electron chi connectivity index (χ0n) is 14.3. The van der Waals surface area contributed by atoms with Crippen molar-refractivity contribution in [3.63, 3.8) is 0 Å². The minimum absolute atomic E-state index is 0.164. The average Bonchev–Trinajstić information content (AvgIpc) is 2.69. The van der Waals surface area contributed by atoms with Crippen molar-refractivity contribution in [1.29, 1.82) is 0 Å². The molecule has 0 saturated carbocycles. The minimum Gasteiger partial charge on any atom is -0.507 e. The maximum atomic E-state index is 13.0. The van der Waals surface area contributed by atoms with Crippen LogP contribution in [0.4, 0.5) is 0 Å². The van der Waals surface area contributed by atoms with E-state index in [-0.39, 0.29) is 35.9 Å². The Labute approximate surface area is 155 Å². The number of carboxylic acids is 1. The summed E-state index contributed by atoms with van der Waals surface area (Å²) in [5.41, 5.74) is 1.23. The molecule has 0 atom stereocenters. The number of phenols is 1. The Morgan fingerprint density at radius 1 is 0.889 bits per heavy atom. The van der Waals surface area contributed by atoms with Crippen LogP contribution in [-0.4, -0.2) is 37.0 Å². The van der Waals surface area contributed by atoms with Gasteiger partial charge in [-0.2, -0.15) is 0 Å². The number of aromatic nitrogens is 2. The van der Waals surface area contributed by atoms with Gasteiger partial charge in [0.25, 0.3) is 5.91 Å². The van der Waals surface area contributed by atoms with E-state index in [4.69, 9.17) is 0 Å². The molecule has 2 N–H and O–H groups in total. The normalized spacial score (nSPS) is 10.4. The minimum atomic E-state index is -1.30. The first-order valence-corrected chi connectivity index (χ1v) is 8.20. The molecule has 0 fully saturated rings. The highest BCUT2D eigenvalue weighted by Crippen LogP contribution is 2.20. The molecule has 7 nitrogen and oxygen atoms in total. The maximum Gasteiger partial charge on any atom is 0.339 e. The highest BCUT2D eigenvalue weighted by atomic mass is 16.4. The first kappa shape index (κ1) is 18.1. The summed E-state index contributed by atoms with van der Waals surface area (Å²) in [6, 6.07) is 14.6. The predicted molar refractivity (Wildman–Crippen MR) is 97.1 cm³/mol. The second-order valence-electron chi connectivity index (χ2n) is 5.84. The monoisotopic (exact) mass is 363 g/mol. The number of carbonyl (C=O) groups excluding carboxylic acids is 1. The van der Waals surface area contributed by atoms with Crippen molar-refractivity contribution in [2.75, 3.05) is 0 Å². The molecule has 27 heavy (non-hydrogen) atoms. The molecule has 0 aliphatic carbocycles. The fourth-order valence-electron chi connectivity index (χ4n) is 2.60. The van der Waals surface area contributed by atoms with Gasteiger partial charge in [-0.05, 0) is 42.5 Å². The van der Waals surface area contributed by atoms with Gasteiger partial charge in [0.15, 0.2) is 0 Å². The molecular weight excluding hydrogens is 346 g/mol. The third kappa shape index (κ3) is 4.46. The van der Waals surface area contributed by atoms with Crippen molar-refractivity contribution in [3.8, 4) is 5.75 Å². The lowest BCUT2D eigenvalue weighted by Gasteiger charge is -2.22. The highest BCUT2D eigenvalue weighted by molar-refractivity contribution is 5.98. The Bertz CT molecular complexity index is 904. The summed E-state index contributed by atoms with van der Waals surface area (Å²) in [6.07, 6.45) is 3.28. The Balaban J connectivity index is 1.92. The lowest BCUT2D eigenvalue weighted by Crippen LogP contribution is -2.31. The summed E-state index contributed by atoms with van der Waals surface area (Å²) >= 11 is 0. The van der Waals surface area contributed by atoms with Crippen LogP contribution < -0.4 is 0 Å². The molecule has 0 aliphatic rings. The van der Waals surface area contributed by atoms with Crippen LogP contribution in [0, 0.1) is 0 Å². The van der Waals surface area contributed by atoms with Crippen molar-refractivity contribution in [2.45, 2.75) is 13.1 Å². The molecule has 0 aliphatic heterocycles. The van der Waals surface area contributed by atoms with Gasteiger partial charge in [-0.1, -0.05) is 12.1 Å². The standard InChI is InChI=1S/C20H17N3O4/c24-18-8-7-14(11-17(18)20(26)27)19(25)23(12-15-5-1-3-9-21-15)13-16-6-2-4-10-22-16/h1-11,24H,12-13H2,(H,26,27). The number of carboxylic acid groups (broad SMARTS) is 1. The molecule has 2 heterocycles. The number of aromatic hydroxyl groups is 1. The first-order chi connectivity index (χ1) is 13.0. The Morgan fingerprint density at radius 2 is 1.48 bits per heavy atom. The molecule has 3 aromatic rings. The van der Waals surface area contributed by atoms with Gasteiger partial charge in [0.2, 0.25) is 0 Å². The van der Waals surface area contributed by atoms with E-state index in [0.717, 1.165) is 0 Å². The molecule has 0 bridgehead atoms. The van der Waals surface area contributed by atoms with Crippen molar-refractivity contribution in [3.05, 3.63) is 89.5 Å². The fraction of sp³-hybridized carbons (Fsp3) is 0.100. The van der Waals surface area contributed by atoms with E-state index in [1.165, 1.54) is 23.1 Å². The van der Waals surface area contributed by atoms with Crippen LogP contribution in [0.5, 0.6) is 5.75 Å². The lowest BCUT2D eigenvalue weighted by atomic mass is 10.1. The number of nitrogens with zero attached hydrogens (tertiary/aromatic N) is 3. The Morgan fingerprint density at radius 3 is 1.96 bits per heavy atom. The van der Waals surface area contributed by atoms with Crippen LogP contribution in [-0.2, 0) is 13.1 Å².